The molecule has 12 heteroatoms. The van der Waals surface area contributed by atoms with Crippen molar-refractivity contribution in [1.29, 1.82) is 0 Å². The Morgan fingerprint density at radius 2 is 1.68 bits per heavy atom. The molecule has 1 atom stereocenters. The van der Waals surface area contributed by atoms with Gasteiger partial charge in [0.2, 0.25) is 0 Å². The monoisotopic (exact) mass is 541 g/mol. The molecule has 1 amide bonds. The van der Waals surface area contributed by atoms with Gasteiger partial charge in [0, 0.05) is 34.5 Å². The zero-order chi connectivity index (χ0) is 26.9. The van der Waals surface area contributed by atoms with Crippen molar-refractivity contribution in [3.63, 3.8) is 0 Å². The minimum atomic E-state index is -4.87. The number of nitrogens with two attached hydrogens (primary N) is 2. The highest BCUT2D eigenvalue weighted by Crippen LogP contribution is 2.59. The fraction of sp³-hybridized carbons (Fsp3) is 0.200. The van der Waals surface area contributed by atoms with Crippen LogP contribution in [0.3, 0.4) is 0 Å². The maximum absolute atomic E-state index is 13.3. The van der Waals surface area contributed by atoms with Gasteiger partial charge in [-0.1, -0.05) is 19.9 Å². The number of fused-ring (bicyclic) bond motifs is 6. The van der Waals surface area contributed by atoms with Crippen LogP contribution in [-0.2, 0) is 20.5 Å². The number of nitrogens with one attached hydrogen (secondary N) is 1. The highest BCUT2D eigenvalue weighted by atomic mass is 32.2. The number of nitrogen functional groups attached to an aromatic ring is 2. The summed E-state index contributed by atoms with van der Waals surface area (Å²) in [6.07, 6.45) is 0. The zero-order valence-electron chi connectivity index (χ0n) is 19.7. The fourth-order valence-electron chi connectivity index (χ4n) is 4.65. The van der Waals surface area contributed by atoms with Gasteiger partial charge in [0.1, 0.15) is 0 Å². The summed E-state index contributed by atoms with van der Waals surface area (Å²) in [5, 5.41) is 2.81. The third-order valence-electron chi connectivity index (χ3n) is 6.32. The largest absolute Gasteiger partial charge is 0.454 e. The molecule has 2 aliphatic rings. The molecule has 0 saturated carbocycles. The molecule has 3 aromatic rings. The molecular formula is C25H23N3O7S2. The quantitative estimate of drug-likeness (QED) is 0.144. The average Bonchev–Trinajstić information content (AvgIpc) is 3.11. The smallest absolute Gasteiger partial charge is 0.340 e. The number of amides is 1. The van der Waals surface area contributed by atoms with Gasteiger partial charge in [-0.2, -0.15) is 8.42 Å². The second-order valence-corrected chi connectivity index (χ2v) is 11.1. The lowest BCUT2D eigenvalue weighted by atomic mass is 9.77. The molecule has 37 heavy (non-hydrogen) atoms. The van der Waals surface area contributed by atoms with Gasteiger partial charge in [-0.15, -0.1) is 12.6 Å². The summed E-state index contributed by atoms with van der Waals surface area (Å²) >= 11 is 4.44. The Balaban J connectivity index is 1.80. The summed E-state index contributed by atoms with van der Waals surface area (Å²) in [6, 6.07) is 10.4. The van der Waals surface area contributed by atoms with Crippen molar-refractivity contribution >= 4 is 46.0 Å². The van der Waals surface area contributed by atoms with Crippen LogP contribution in [0.15, 0.2) is 52.3 Å². The number of benzene rings is 3. The maximum Gasteiger partial charge on any atom is 0.340 e. The Labute approximate surface area is 218 Å². The first kappa shape index (κ1) is 24.9. The van der Waals surface area contributed by atoms with Crippen LogP contribution >= 0.6 is 12.6 Å². The van der Waals surface area contributed by atoms with E-state index < -0.39 is 26.6 Å². The van der Waals surface area contributed by atoms with Gasteiger partial charge in [0.05, 0.1) is 16.1 Å². The molecule has 2 heterocycles. The zero-order valence-corrected chi connectivity index (χ0v) is 21.4. The lowest BCUT2D eigenvalue weighted by molar-refractivity contribution is 0.0221. The minimum absolute atomic E-state index is 0.0331. The van der Waals surface area contributed by atoms with Crippen LogP contribution in [0.4, 0.5) is 11.4 Å². The van der Waals surface area contributed by atoms with Crippen molar-refractivity contribution in [2.45, 2.75) is 29.2 Å². The molecule has 192 valence electrons. The number of hydrogen-bond acceptors (Lipinski definition) is 9. The summed E-state index contributed by atoms with van der Waals surface area (Å²) in [5.74, 6) is -1.16. The second kappa shape index (κ2) is 8.40. The van der Waals surface area contributed by atoms with Crippen molar-refractivity contribution in [3.05, 3.63) is 70.3 Å². The number of ether oxygens (including phenoxy) is 2. The number of hydrogen-bond donors (Lipinski definition) is 5. The van der Waals surface area contributed by atoms with Crippen molar-refractivity contribution < 1.29 is 32.0 Å². The molecule has 1 spiro atoms. The van der Waals surface area contributed by atoms with Crippen LogP contribution < -0.4 is 21.5 Å². The molecule has 0 aromatic heterocycles. The van der Waals surface area contributed by atoms with E-state index in [0.717, 1.165) is 0 Å². The first-order valence-corrected chi connectivity index (χ1v) is 13.1. The predicted octanol–water partition coefficient (Wildman–Crippen LogP) is 3.34. The molecule has 0 bridgehead atoms. The summed E-state index contributed by atoms with van der Waals surface area (Å²) in [6.45, 7) is 4.37. The Hall–Kier alpha value is -3.74. The number of esters is 1. The highest BCUT2D eigenvalue weighted by Gasteiger charge is 2.55. The van der Waals surface area contributed by atoms with E-state index in [-0.39, 0.29) is 56.3 Å². The first-order valence-electron chi connectivity index (χ1n) is 11.2. The Morgan fingerprint density at radius 1 is 1.05 bits per heavy atom. The number of rotatable bonds is 4. The lowest BCUT2D eigenvalue weighted by Crippen LogP contribution is -2.34. The second-order valence-electron chi connectivity index (χ2n) is 9.25. The third kappa shape index (κ3) is 3.71. The van der Waals surface area contributed by atoms with Gasteiger partial charge < -0.3 is 26.3 Å². The van der Waals surface area contributed by atoms with Crippen LogP contribution in [0.1, 0.15) is 51.3 Å². The van der Waals surface area contributed by atoms with Crippen molar-refractivity contribution in [2.24, 2.45) is 5.92 Å². The van der Waals surface area contributed by atoms with Crippen molar-refractivity contribution in [3.8, 4) is 11.5 Å². The number of carbonyl (C=O) groups excluding carboxylic acids is 2. The predicted molar refractivity (Wildman–Crippen MR) is 138 cm³/mol. The van der Waals surface area contributed by atoms with E-state index in [9.17, 15) is 22.6 Å². The number of carbonyl (C=O) groups is 2. The summed E-state index contributed by atoms with van der Waals surface area (Å²) in [5.41, 5.74) is 11.3. The SMILES string of the molecule is CC(C)CNC(=O)c1ccc2c(c1)C(=O)OC21c2ccc(N)c(S)c2Oc2c1ccc(N)c2S(=O)(=O)O. The molecular weight excluding hydrogens is 518 g/mol. The fourth-order valence-corrected chi connectivity index (χ4v) is 5.64. The van der Waals surface area contributed by atoms with Crippen LogP contribution in [0, 0.1) is 5.92 Å². The number of thiol groups is 1. The van der Waals surface area contributed by atoms with Crippen LogP contribution in [0.2, 0.25) is 0 Å². The number of anilines is 2. The lowest BCUT2D eigenvalue weighted by Gasteiger charge is -2.37. The van der Waals surface area contributed by atoms with E-state index in [2.05, 4.69) is 17.9 Å². The Bertz CT molecular complexity index is 1620. The molecule has 0 saturated heterocycles. The molecule has 0 radical (unpaired) electrons. The Morgan fingerprint density at radius 3 is 2.32 bits per heavy atom. The molecule has 1 unspecified atom stereocenters. The average molecular weight is 542 g/mol. The van der Waals surface area contributed by atoms with E-state index >= 15 is 0 Å². The van der Waals surface area contributed by atoms with Crippen molar-refractivity contribution in [2.75, 3.05) is 18.0 Å². The summed E-state index contributed by atoms with van der Waals surface area (Å²) < 4.78 is 46.6. The first-order chi connectivity index (χ1) is 17.4. The van der Waals surface area contributed by atoms with Crippen LogP contribution in [0.25, 0.3) is 0 Å². The van der Waals surface area contributed by atoms with Crippen LogP contribution in [0.5, 0.6) is 11.5 Å². The van der Waals surface area contributed by atoms with Crippen molar-refractivity contribution in [1.82, 2.24) is 5.32 Å². The minimum Gasteiger partial charge on any atom is -0.454 e. The van der Waals surface area contributed by atoms with E-state index in [4.69, 9.17) is 20.9 Å². The topological polar surface area (TPSA) is 171 Å². The van der Waals surface area contributed by atoms with Gasteiger partial charge >= 0.3 is 5.97 Å². The molecule has 0 fully saturated rings. The normalized spacial score (nSPS) is 17.6. The van der Waals surface area contributed by atoms with Crippen LogP contribution in [-0.4, -0.2) is 31.4 Å². The molecule has 5 rings (SSSR count). The molecule has 6 N–H and O–H groups in total. The molecule has 10 nitrogen and oxygen atoms in total. The molecule has 2 aliphatic heterocycles. The highest BCUT2D eigenvalue weighted by molar-refractivity contribution is 7.86. The summed E-state index contributed by atoms with van der Waals surface area (Å²) in [4.78, 5) is 25.4. The van der Waals surface area contributed by atoms with Gasteiger partial charge in [-0.05, 0) is 42.3 Å². The standard InChI is InChI=1S/C25H23N3O7S2/c1-11(2)10-28-23(29)12-3-4-14-13(9-12)24(30)35-25(14)15-5-7-17(26)21(36)19(15)34-20-16(25)6-8-18(27)22(20)37(31,32)33/h3-9,11,36H,10,26-27H2,1-2H3,(H,28,29)(H,31,32,33). The van der Waals surface area contributed by atoms with E-state index in [1.165, 1.54) is 18.2 Å². The molecule has 0 aliphatic carbocycles. The van der Waals surface area contributed by atoms with E-state index in [0.29, 0.717) is 17.7 Å². The molecule has 3 aromatic carbocycles. The van der Waals surface area contributed by atoms with E-state index in [1.807, 2.05) is 13.8 Å². The Kier molecular flexibility index (Phi) is 5.66. The van der Waals surface area contributed by atoms with E-state index in [1.54, 1.807) is 24.3 Å². The third-order valence-corrected chi connectivity index (χ3v) is 7.72. The van der Waals surface area contributed by atoms with Gasteiger partial charge in [-0.25, -0.2) is 4.79 Å². The summed E-state index contributed by atoms with van der Waals surface area (Å²) in [7, 11) is -4.87. The van der Waals surface area contributed by atoms with Gasteiger partial charge in [0.25, 0.3) is 16.0 Å². The van der Waals surface area contributed by atoms with Gasteiger partial charge in [0.15, 0.2) is 22.0 Å². The van der Waals surface area contributed by atoms with Gasteiger partial charge in [-0.3, -0.25) is 9.35 Å². The maximum atomic E-state index is 13.3.